The summed E-state index contributed by atoms with van der Waals surface area (Å²) in [7, 11) is 0. The number of amides is 1. The molecule has 3 aliphatic heterocycles. The first-order valence-electron chi connectivity index (χ1n) is 14.3. The second kappa shape index (κ2) is 12.7. The number of pyridine rings is 1. The van der Waals surface area contributed by atoms with Crippen LogP contribution in [-0.2, 0) is 16.0 Å². The van der Waals surface area contributed by atoms with E-state index in [-0.39, 0.29) is 59.7 Å². The number of aliphatic hydroxyl groups excluding tert-OH is 1. The number of anilines is 1. The van der Waals surface area contributed by atoms with Gasteiger partial charge in [0.05, 0.1) is 29.7 Å². The molecule has 1 amide bonds. The maximum Gasteiger partial charge on any atom is 1.00 e. The molecule has 2 aromatic carbocycles. The van der Waals surface area contributed by atoms with E-state index in [0.29, 0.717) is 11.3 Å². The standard InChI is InChI=1S/C32H36N4O5.Na/c1-20-26(30(32(39)40)36-29(20)28(21(2)37)31(36)38)19-41-27-8-4-6-24-22(5-3-7-25(24)27)11-14-34-15-17-35(18-16-34)23-9-12-33-13-10-23;/h3-10,12-13,20-21,28-29,37H,11,14-19H2,1-2H3,(H,39,40);/q;+1/p-1/t20-,21+,28+,29+;/m0./s1. The van der Waals surface area contributed by atoms with Crippen LogP contribution >= 0.6 is 0 Å². The van der Waals surface area contributed by atoms with Crippen molar-refractivity contribution in [1.82, 2.24) is 14.8 Å². The number of carboxylic acid groups (broad SMARTS) is 1. The van der Waals surface area contributed by atoms with E-state index in [2.05, 4.69) is 39.0 Å². The zero-order chi connectivity index (χ0) is 28.7. The first kappa shape index (κ1) is 30.5. The van der Waals surface area contributed by atoms with E-state index in [0.717, 1.165) is 49.9 Å². The van der Waals surface area contributed by atoms with Crippen LogP contribution in [0.3, 0.4) is 0 Å². The van der Waals surface area contributed by atoms with E-state index in [1.54, 1.807) is 6.92 Å². The summed E-state index contributed by atoms with van der Waals surface area (Å²) >= 11 is 0. The largest absolute Gasteiger partial charge is 1.00 e. The zero-order valence-corrected chi connectivity index (χ0v) is 26.4. The van der Waals surface area contributed by atoms with Crippen LogP contribution < -0.4 is 44.3 Å². The number of aliphatic carboxylic acids is 1. The van der Waals surface area contributed by atoms with Crippen molar-refractivity contribution in [1.29, 1.82) is 0 Å². The van der Waals surface area contributed by atoms with Crippen LogP contribution in [0.2, 0.25) is 0 Å². The van der Waals surface area contributed by atoms with Crippen molar-refractivity contribution < 1.29 is 54.1 Å². The number of aromatic nitrogens is 1. The van der Waals surface area contributed by atoms with Crippen molar-refractivity contribution in [2.45, 2.75) is 32.4 Å². The summed E-state index contributed by atoms with van der Waals surface area (Å²) < 4.78 is 6.24. The van der Waals surface area contributed by atoms with Crippen LogP contribution in [0.5, 0.6) is 5.75 Å². The Morgan fingerprint density at radius 1 is 1.07 bits per heavy atom. The van der Waals surface area contributed by atoms with Gasteiger partial charge in [-0.25, -0.2) is 0 Å². The Morgan fingerprint density at radius 3 is 2.45 bits per heavy atom. The van der Waals surface area contributed by atoms with Crippen LogP contribution in [0.4, 0.5) is 5.69 Å². The van der Waals surface area contributed by atoms with E-state index in [9.17, 15) is 19.8 Å². The predicted molar refractivity (Wildman–Crippen MR) is 153 cm³/mol. The third-order valence-corrected chi connectivity index (χ3v) is 8.96. The van der Waals surface area contributed by atoms with E-state index in [4.69, 9.17) is 4.74 Å². The van der Waals surface area contributed by atoms with Gasteiger partial charge in [0.1, 0.15) is 12.4 Å². The maximum atomic E-state index is 12.6. The Labute approximate surface area is 268 Å². The van der Waals surface area contributed by atoms with Gasteiger partial charge >= 0.3 is 29.6 Å². The summed E-state index contributed by atoms with van der Waals surface area (Å²) in [4.78, 5) is 35.0. The molecule has 0 bridgehead atoms. The van der Waals surface area contributed by atoms with Gasteiger partial charge in [-0.15, -0.1) is 0 Å². The number of fused-ring (bicyclic) bond motifs is 2. The molecule has 10 heteroatoms. The molecule has 1 N–H and O–H groups in total. The summed E-state index contributed by atoms with van der Waals surface area (Å²) in [5.74, 6) is -1.97. The number of ether oxygens (including phenoxy) is 1. The van der Waals surface area contributed by atoms with Crippen molar-refractivity contribution in [2.75, 3.05) is 44.2 Å². The van der Waals surface area contributed by atoms with Gasteiger partial charge in [0.2, 0.25) is 5.91 Å². The molecule has 6 rings (SSSR count). The van der Waals surface area contributed by atoms with Crippen molar-refractivity contribution in [2.24, 2.45) is 11.8 Å². The Morgan fingerprint density at radius 2 is 1.76 bits per heavy atom. The third kappa shape index (κ3) is 5.56. The fraction of sp³-hybridized carbons (Fsp3) is 0.406. The van der Waals surface area contributed by atoms with Gasteiger partial charge < -0.3 is 29.5 Å². The van der Waals surface area contributed by atoms with Crippen LogP contribution in [0.15, 0.2) is 72.2 Å². The van der Waals surface area contributed by atoms with E-state index in [1.165, 1.54) is 16.2 Å². The second-order valence-corrected chi connectivity index (χ2v) is 11.3. The number of aliphatic hydroxyl groups is 1. The Balaban J connectivity index is 0.00000353. The number of rotatable bonds is 9. The van der Waals surface area contributed by atoms with Crippen LogP contribution in [0.1, 0.15) is 19.4 Å². The molecule has 4 heterocycles. The zero-order valence-electron chi connectivity index (χ0n) is 24.4. The topological polar surface area (TPSA) is 109 Å². The molecule has 0 saturated carbocycles. The molecule has 0 unspecified atom stereocenters. The first-order chi connectivity index (χ1) is 19.8. The van der Waals surface area contributed by atoms with Crippen LogP contribution in [0.25, 0.3) is 10.8 Å². The van der Waals surface area contributed by atoms with Crippen LogP contribution in [0, 0.1) is 11.8 Å². The summed E-state index contributed by atoms with van der Waals surface area (Å²) in [6, 6.07) is 15.9. The number of benzene rings is 2. The molecule has 9 nitrogen and oxygen atoms in total. The van der Waals surface area contributed by atoms with Crippen molar-refractivity contribution >= 4 is 28.3 Å². The number of carbonyl (C=O) groups excluding carboxylic acids is 2. The van der Waals surface area contributed by atoms with E-state index < -0.39 is 18.0 Å². The molecule has 0 aliphatic carbocycles. The molecule has 0 radical (unpaired) electrons. The minimum atomic E-state index is -1.39. The number of piperazine rings is 1. The average Bonchev–Trinajstić information content (AvgIpc) is 3.23. The molecule has 1 aromatic heterocycles. The summed E-state index contributed by atoms with van der Waals surface area (Å²) in [5, 5.41) is 24.2. The number of carboxylic acids is 1. The predicted octanol–water partition coefficient (Wildman–Crippen LogP) is -1.16. The SMILES string of the molecule is C[C@@H](O)[C@H]1C(=O)N2C(C(=O)[O-])=C(COc3cccc4c(CCN5CCN(c6ccncc6)CC5)cccc34)[C@H](C)[C@H]12.[Na+]. The fourth-order valence-corrected chi connectivity index (χ4v) is 6.73. The second-order valence-electron chi connectivity index (χ2n) is 11.3. The van der Waals surface area contributed by atoms with Crippen molar-refractivity contribution in [3.63, 3.8) is 0 Å². The van der Waals surface area contributed by atoms with Crippen LogP contribution in [-0.4, -0.2) is 83.2 Å². The summed E-state index contributed by atoms with van der Waals surface area (Å²) in [5.41, 5.74) is 2.86. The minimum absolute atomic E-state index is 0. The molecule has 2 fully saturated rings. The summed E-state index contributed by atoms with van der Waals surface area (Å²) in [6.07, 6.45) is 3.73. The number of carbonyl (C=O) groups is 2. The normalized spacial score (nSPS) is 22.9. The molecule has 3 aromatic rings. The van der Waals surface area contributed by atoms with E-state index >= 15 is 0 Å². The van der Waals surface area contributed by atoms with Crippen molar-refractivity contribution in [3.8, 4) is 5.75 Å². The van der Waals surface area contributed by atoms with Gasteiger partial charge in [0.25, 0.3) is 0 Å². The molecule has 3 aliphatic rings. The Bertz CT molecular complexity index is 1490. The number of hydrogen-bond donors (Lipinski definition) is 1. The smallest absolute Gasteiger partial charge is 0.543 e. The molecule has 2 saturated heterocycles. The monoisotopic (exact) mass is 578 g/mol. The van der Waals surface area contributed by atoms with Gasteiger partial charge in [-0.05, 0) is 48.1 Å². The van der Waals surface area contributed by atoms with Gasteiger partial charge in [0, 0.05) is 62.1 Å². The average molecular weight is 579 g/mol. The Kier molecular flexibility index (Phi) is 9.25. The Hall–Kier alpha value is -2.95. The van der Waals surface area contributed by atoms with Gasteiger partial charge in [0.15, 0.2) is 0 Å². The fourth-order valence-electron chi connectivity index (χ4n) is 6.73. The van der Waals surface area contributed by atoms with Gasteiger partial charge in [-0.1, -0.05) is 37.3 Å². The minimum Gasteiger partial charge on any atom is -0.543 e. The van der Waals surface area contributed by atoms with E-state index in [1.807, 2.05) is 43.6 Å². The molecule has 4 atom stereocenters. The first-order valence-corrected chi connectivity index (χ1v) is 14.3. The number of nitrogens with zero attached hydrogens (tertiary/aromatic N) is 4. The molecule has 214 valence electrons. The number of β-lactam (4-membered cyclic amide) rings is 1. The van der Waals surface area contributed by atoms with Gasteiger partial charge in [-0.3, -0.25) is 14.7 Å². The van der Waals surface area contributed by atoms with Gasteiger partial charge in [-0.2, -0.15) is 0 Å². The molecule has 0 spiro atoms. The molecule has 42 heavy (non-hydrogen) atoms. The molecular formula is C32H35N4NaO5. The maximum absolute atomic E-state index is 12.6. The molecular weight excluding hydrogens is 543 g/mol. The van der Waals surface area contributed by atoms with Crippen molar-refractivity contribution in [3.05, 3.63) is 77.8 Å². The quantitative estimate of drug-likeness (QED) is 0.251. The third-order valence-electron chi connectivity index (χ3n) is 8.96. The summed E-state index contributed by atoms with van der Waals surface area (Å²) in [6.45, 7) is 8.43. The number of hydrogen-bond acceptors (Lipinski definition) is 8.